The van der Waals surface area contributed by atoms with Gasteiger partial charge in [0.05, 0.1) is 11.7 Å². The SMILES string of the molecule is CSCCC(NC(=O)/C=C/c1c(Cl)nc2sccn12)c1nnc2ccccn12. The van der Waals surface area contributed by atoms with Gasteiger partial charge in [-0.25, -0.2) is 4.98 Å². The van der Waals surface area contributed by atoms with E-state index in [1.807, 2.05) is 51.0 Å². The normalized spacial score (nSPS) is 12.9. The number of amides is 1. The van der Waals surface area contributed by atoms with Crippen LogP contribution in [0.15, 0.2) is 42.0 Å². The largest absolute Gasteiger partial charge is 0.342 e. The Bertz CT molecular complexity index is 1150. The number of imidazole rings is 1. The highest BCUT2D eigenvalue weighted by molar-refractivity contribution is 7.98. The number of fused-ring (bicyclic) bond motifs is 2. The summed E-state index contributed by atoms with van der Waals surface area (Å²) < 4.78 is 3.76. The molecule has 0 aliphatic carbocycles. The predicted octanol–water partition coefficient (Wildman–Crippen LogP) is 3.72. The zero-order chi connectivity index (χ0) is 19.5. The van der Waals surface area contributed by atoms with E-state index in [9.17, 15) is 4.79 Å². The molecule has 144 valence electrons. The van der Waals surface area contributed by atoms with Crippen LogP contribution in [0.4, 0.5) is 0 Å². The van der Waals surface area contributed by atoms with Gasteiger partial charge in [0, 0.05) is 23.8 Å². The second kappa shape index (κ2) is 8.34. The minimum Gasteiger partial charge on any atom is -0.342 e. The highest BCUT2D eigenvalue weighted by atomic mass is 35.5. The molecule has 0 fully saturated rings. The van der Waals surface area contributed by atoms with Crippen molar-refractivity contribution in [2.75, 3.05) is 12.0 Å². The van der Waals surface area contributed by atoms with E-state index in [4.69, 9.17) is 11.6 Å². The molecule has 0 bridgehead atoms. The first-order valence-electron chi connectivity index (χ1n) is 8.55. The molecule has 0 saturated carbocycles. The van der Waals surface area contributed by atoms with E-state index in [1.165, 1.54) is 17.4 Å². The van der Waals surface area contributed by atoms with Crippen LogP contribution in [0, 0.1) is 0 Å². The van der Waals surface area contributed by atoms with Crippen molar-refractivity contribution in [3.05, 3.63) is 58.7 Å². The van der Waals surface area contributed by atoms with Crippen molar-refractivity contribution in [1.82, 2.24) is 29.3 Å². The number of rotatable bonds is 7. The first-order chi connectivity index (χ1) is 13.7. The molecule has 1 unspecified atom stereocenters. The van der Waals surface area contributed by atoms with Crippen molar-refractivity contribution in [1.29, 1.82) is 0 Å². The van der Waals surface area contributed by atoms with Crippen molar-refractivity contribution in [2.45, 2.75) is 12.5 Å². The molecule has 0 radical (unpaired) electrons. The molecular formula is C18H17ClN6OS2. The van der Waals surface area contributed by atoms with Gasteiger partial charge in [-0.3, -0.25) is 13.6 Å². The summed E-state index contributed by atoms with van der Waals surface area (Å²) in [5.74, 6) is 1.38. The molecule has 0 aliphatic rings. The van der Waals surface area contributed by atoms with Gasteiger partial charge >= 0.3 is 0 Å². The predicted molar refractivity (Wildman–Crippen MR) is 114 cm³/mol. The molecule has 1 amide bonds. The molecule has 0 saturated heterocycles. The Morgan fingerprint density at radius 3 is 3.11 bits per heavy atom. The Hall–Kier alpha value is -2.36. The average Bonchev–Trinajstić information content (AvgIpc) is 3.38. The molecule has 0 aromatic carbocycles. The molecule has 0 spiro atoms. The Balaban J connectivity index is 1.55. The number of halogens is 1. The van der Waals surface area contributed by atoms with E-state index in [-0.39, 0.29) is 11.9 Å². The third kappa shape index (κ3) is 3.78. The third-order valence-electron chi connectivity index (χ3n) is 4.23. The Labute approximate surface area is 174 Å². The van der Waals surface area contributed by atoms with Crippen LogP contribution in [-0.4, -0.2) is 41.9 Å². The summed E-state index contributed by atoms with van der Waals surface area (Å²) >= 11 is 9.39. The highest BCUT2D eigenvalue weighted by Gasteiger charge is 2.19. The summed E-state index contributed by atoms with van der Waals surface area (Å²) in [4.78, 5) is 17.7. The number of carbonyl (C=O) groups is 1. The van der Waals surface area contributed by atoms with E-state index in [0.717, 1.165) is 22.8 Å². The monoisotopic (exact) mass is 432 g/mol. The zero-order valence-electron chi connectivity index (χ0n) is 14.9. The van der Waals surface area contributed by atoms with Crippen LogP contribution in [0.2, 0.25) is 5.15 Å². The lowest BCUT2D eigenvalue weighted by Gasteiger charge is -2.15. The quantitative estimate of drug-likeness (QED) is 0.450. The lowest BCUT2D eigenvalue weighted by Crippen LogP contribution is -2.29. The van der Waals surface area contributed by atoms with Crippen LogP contribution >= 0.6 is 34.7 Å². The fourth-order valence-electron chi connectivity index (χ4n) is 2.90. The number of aromatic nitrogens is 5. The fraction of sp³-hybridized carbons (Fsp3) is 0.222. The number of hydrogen-bond acceptors (Lipinski definition) is 6. The summed E-state index contributed by atoms with van der Waals surface area (Å²) in [5.41, 5.74) is 1.43. The van der Waals surface area contributed by atoms with Gasteiger partial charge in [0.1, 0.15) is 0 Å². The van der Waals surface area contributed by atoms with E-state index in [2.05, 4.69) is 20.5 Å². The van der Waals surface area contributed by atoms with Crippen LogP contribution in [0.5, 0.6) is 0 Å². The summed E-state index contributed by atoms with van der Waals surface area (Å²) in [7, 11) is 0. The van der Waals surface area contributed by atoms with Crippen molar-refractivity contribution >= 4 is 57.3 Å². The molecule has 1 N–H and O–H groups in total. The van der Waals surface area contributed by atoms with Gasteiger partial charge in [-0.05, 0) is 36.6 Å². The lowest BCUT2D eigenvalue weighted by atomic mass is 10.2. The fourth-order valence-corrected chi connectivity index (χ4v) is 4.38. The number of thiazole rings is 1. The van der Waals surface area contributed by atoms with Gasteiger partial charge in [0.15, 0.2) is 21.6 Å². The molecule has 4 aromatic rings. The zero-order valence-corrected chi connectivity index (χ0v) is 17.3. The van der Waals surface area contributed by atoms with Crippen molar-refractivity contribution in [3.63, 3.8) is 0 Å². The number of nitrogens with zero attached hydrogens (tertiary/aromatic N) is 5. The Kier molecular flexibility index (Phi) is 5.65. The summed E-state index contributed by atoms with van der Waals surface area (Å²) in [6, 6.07) is 5.47. The molecule has 4 heterocycles. The molecule has 0 aliphatic heterocycles. The molecule has 28 heavy (non-hydrogen) atoms. The van der Waals surface area contributed by atoms with Gasteiger partial charge in [-0.1, -0.05) is 17.7 Å². The second-order valence-corrected chi connectivity index (χ2v) is 8.22. The van der Waals surface area contributed by atoms with Crippen LogP contribution in [-0.2, 0) is 4.79 Å². The number of nitrogens with one attached hydrogen (secondary N) is 1. The maximum Gasteiger partial charge on any atom is 0.244 e. The van der Waals surface area contributed by atoms with E-state index in [1.54, 1.807) is 17.8 Å². The van der Waals surface area contributed by atoms with Gasteiger partial charge in [0.25, 0.3) is 0 Å². The highest BCUT2D eigenvalue weighted by Crippen LogP contribution is 2.23. The maximum absolute atomic E-state index is 12.6. The Morgan fingerprint density at radius 1 is 1.36 bits per heavy atom. The number of thioether (sulfide) groups is 1. The Morgan fingerprint density at radius 2 is 2.25 bits per heavy atom. The summed E-state index contributed by atoms with van der Waals surface area (Å²) in [5, 5.41) is 13.8. The standard InChI is InChI=1S/C18H17ClN6OS2/c1-27-10-7-12(17-23-22-14-4-2-3-8-25(14)17)20-15(26)6-5-13-16(19)21-18-24(13)9-11-28-18/h2-6,8-9,11-12H,7,10H2,1H3,(H,20,26)/b6-5+. The molecule has 7 nitrogen and oxygen atoms in total. The van der Waals surface area contributed by atoms with Gasteiger partial charge in [-0.15, -0.1) is 21.5 Å². The topological polar surface area (TPSA) is 76.6 Å². The molecule has 1 atom stereocenters. The number of carbonyl (C=O) groups excluding carboxylic acids is 1. The van der Waals surface area contributed by atoms with Gasteiger partial charge in [0.2, 0.25) is 5.91 Å². The van der Waals surface area contributed by atoms with E-state index in [0.29, 0.717) is 16.7 Å². The lowest BCUT2D eigenvalue weighted by molar-refractivity contribution is -0.117. The first-order valence-corrected chi connectivity index (χ1v) is 11.2. The first kappa shape index (κ1) is 19.0. The average molecular weight is 433 g/mol. The maximum atomic E-state index is 12.6. The number of hydrogen-bond donors (Lipinski definition) is 1. The van der Waals surface area contributed by atoms with Crippen LogP contribution in [0.3, 0.4) is 0 Å². The van der Waals surface area contributed by atoms with Crippen molar-refractivity contribution in [3.8, 4) is 0 Å². The van der Waals surface area contributed by atoms with Gasteiger partial charge < -0.3 is 5.32 Å². The van der Waals surface area contributed by atoms with Crippen molar-refractivity contribution < 1.29 is 4.79 Å². The molecule has 4 rings (SSSR count). The van der Waals surface area contributed by atoms with E-state index < -0.39 is 0 Å². The van der Waals surface area contributed by atoms with Gasteiger partial charge in [-0.2, -0.15) is 11.8 Å². The number of pyridine rings is 1. The minimum atomic E-state index is -0.246. The summed E-state index contributed by atoms with van der Waals surface area (Å²) in [6.07, 6.45) is 9.71. The third-order valence-corrected chi connectivity index (χ3v) is 5.90. The molecular weight excluding hydrogens is 416 g/mol. The summed E-state index contributed by atoms with van der Waals surface area (Å²) in [6.45, 7) is 0. The minimum absolute atomic E-state index is 0.222. The molecule has 4 aromatic heterocycles. The van der Waals surface area contributed by atoms with Crippen molar-refractivity contribution in [2.24, 2.45) is 0 Å². The van der Waals surface area contributed by atoms with E-state index >= 15 is 0 Å². The smallest absolute Gasteiger partial charge is 0.244 e. The molecule has 10 heteroatoms. The van der Waals surface area contributed by atoms with Crippen LogP contribution < -0.4 is 5.32 Å². The van der Waals surface area contributed by atoms with Crippen LogP contribution in [0.1, 0.15) is 24.0 Å². The second-order valence-electron chi connectivity index (χ2n) is 6.01. The van der Waals surface area contributed by atoms with Crippen LogP contribution in [0.25, 0.3) is 16.7 Å².